The lowest BCUT2D eigenvalue weighted by molar-refractivity contribution is 0.663. The number of terminal acetylenes is 1. The van der Waals surface area contributed by atoms with E-state index in [9.17, 15) is 4.79 Å². The van der Waals surface area contributed by atoms with Crippen molar-refractivity contribution in [1.82, 2.24) is 9.78 Å². The Bertz CT molecular complexity index is 495. The molecule has 1 unspecified atom stereocenters. The van der Waals surface area contributed by atoms with Crippen LogP contribution in [-0.4, -0.2) is 27.8 Å². The topological polar surface area (TPSA) is 46.9 Å². The Balaban J connectivity index is 2.79. The quantitative estimate of drug-likeness (QED) is 0.813. The number of anilines is 1. The molecule has 1 N–H and O–H groups in total. The second kappa shape index (κ2) is 7.34. The number of aromatic nitrogens is 2. The number of hydrogen-bond donors (Lipinski definition) is 1. The highest BCUT2D eigenvalue weighted by atomic mass is 35.5. The summed E-state index contributed by atoms with van der Waals surface area (Å²) in [5, 5.41) is 7.79. The molecule has 4 nitrogen and oxygen atoms in total. The van der Waals surface area contributed by atoms with Crippen molar-refractivity contribution in [3.8, 4) is 12.3 Å². The smallest absolute Gasteiger partial charge is 0.292 e. The lowest BCUT2D eigenvalue weighted by Crippen LogP contribution is -2.26. The summed E-state index contributed by atoms with van der Waals surface area (Å²) in [4.78, 5) is 12.0. The lowest BCUT2D eigenvalue weighted by atomic mass is 10.3. The van der Waals surface area contributed by atoms with Gasteiger partial charge in [0.05, 0.1) is 11.2 Å². The van der Waals surface area contributed by atoms with Gasteiger partial charge >= 0.3 is 0 Å². The molecule has 1 rings (SSSR count). The molecule has 0 saturated heterocycles. The van der Waals surface area contributed by atoms with E-state index in [2.05, 4.69) is 29.5 Å². The molecule has 0 radical (unpaired) electrons. The minimum atomic E-state index is -0.280. The van der Waals surface area contributed by atoms with Gasteiger partial charge in [-0.05, 0) is 12.7 Å². The van der Waals surface area contributed by atoms with Crippen LogP contribution >= 0.6 is 23.4 Å². The van der Waals surface area contributed by atoms with E-state index in [4.69, 9.17) is 18.0 Å². The van der Waals surface area contributed by atoms with E-state index in [-0.39, 0.29) is 12.1 Å². The minimum Gasteiger partial charge on any atom is -0.379 e. The highest BCUT2D eigenvalue weighted by molar-refractivity contribution is 7.99. The van der Waals surface area contributed by atoms with Crippen LogP contribution in [0.5, 0.6) is 0 Å². The molecule has 0 aliphatic rings. The molecule has 0 aliphatic carbocycles. The van der Waals surface area contributed by atoms with E-state index in [0.717, 1.165) is 6.42 Å². The van der Waals surface area contributed by atoms with E-state index in [1.54, 1.807) is 11.8 Å². The van der Waals surface area contributed by atoms with Crippen molar-refractivity contribution in [2.24, 2.45) is 0 Å². The van der Waals surface area contributed by atoms with Gasteiger partial charge in [0.2, 0.25) is 0 Å². The molecule has 1 aromatic rings. The second-order valence-electron chi connectivity index (χ2n) is 3.80. The highest BCUT2D eigenvalue weighted by Crippen LogP contribution is 2.16. The molecule has 1 atom stereocenters. The van der Waals surface area contributed by atoms with Gasteiger partial charge in [0, 0.05) is 11.8 Å². The van der Waals surface area contributed by atoms with Crippen LogP contribution in [0, 0.1) is 12.3 Å². The summed E-state index contributed by atoms with van der Waals surface area (Å²) in [5.41, 5.74) is 0.0903. The molecule has 98 valence electrons. The Labute approximate surface area is 116 Å². The van der Waals surface area contributed by atoms with Gasteiger partial charge in [0.1, 0.15) is 12.2 Å². The zero-order valence-corrected chi connectivity index (χ0v) is 12.0. The molecule has 0 aromatic carbocycles. The van der Waals surface area contributed by atoms with Crippen molar-refractivity contribution in [3.63, 3.8) is 0 Å². The number of rotatable bonds is 6. The second-order valence-corrected chi connectivity index (χ2v) is 5.48. The maximum atomic E-state index is 12.0. The SMILES string of the molecule is C#CCn1ncc(Cl)c(NCCC(C)SC)c1=O. The van der Waals surface area contributed by atoms with E-state index >= 15 is 0 Å². The first-order chi connectivity index (χ1) is 8.60. The maximum absolute atomic E-state index is 12.0. The van der Waals surface area contributed by atoms with Crippen LogP contribution in [0.15, 0.2) is 11.0 Å². The third kappa shape index (κ3) is 3.97. The first-order valence-electron chi connectivity index (χ1n) is 5.56. The number of nitrogens with zero attached hydrogens (tertiary/aromatic N) is 2. The van der Waals surface area contributed by atoms with Crippen LogP contribution in [0.1, 0.15) is 13.3 Å². The van der Waals surface area contributed by atoms with Gasteiger partial charge in [-0.1, -0.05) is 24.4 Å². The van der Waals surface area contributed by atoms with Crippen LogP contribution in [0.2, 0.25) is 5.02 Å². The fraction of sp³-hybridized carbons (Fsp3) is 0.500. The van der Waals surface area contributed by atoms with Gasteiger partial charge < -0.3 is 5.32 Å². The molecule has 1 heterocycles. The number of thioether (sulfide) groups is 1. The van der Waals surface area contributed by atoms with Gasteiger partial charge in [-0.3, -0.25) is 4.79 Å². The number of nitrogens with one attached hydrogen (secondary N) is 1. The number of hydrogen-bond acceptors (Lipinski definition) is 4. The first-order valence-corrected chi connectivity index (χ1v) is 7.22. The molecule has 18 heavy (non-hydrogen) atoms. The Morgan fingerprint density at radius 1 is 1.72 bits per heavy atom. The predicted molar refractivity (Wildman–Crippen MR) is 78.4 cm³/mol. The average Bonchev–Trinajstić information content (AvgIpc) is 2.36. The Morgan fingerprint density at radius 3 is 3.06 bits per heavy atom. The third-order valence-electron chi connectivity index (χ3n) is 2.49. The van der Waals surface area contributed by atoms with Gasteiger partial charge in [-0.2, -0.15) is 16.9 Å². The summed E-state index contributed by atoms with van der Waals surface area (Å²) >= 11 is 7.74. The van der Waals surface area contributed by atoms with E-state index in [1.807, 2.05) is 0 Å². The first kappa shape index (κ1) is 14.9. The minimum absolute atomic E-state index is 0.145. The molecule has 1 aromatic heterocycles. The fourth-order valence-corrected chi connectivity index (χ4v) is 1.89. The van der Waals surface area contributed by atoms with Crippen LogP contribution in [0.4, 0.5) is 5.69 Å². The summed E-state index contributed by atoms with van der Waals surface area (Å²) in [7, 11) is 0. The van der Waals surface area contributed by atoms with Crippen LogP contribution in [0.25, 0.3) is 0 Å². The summed E-state index contributed by atoms with van der Waals surface area (Å²) < 4.78 is 1.21. The molecule has 0 bridgehead atoms. The van der Waals surface area contributed by atoms with E-state index in [1.165, 1.54) is 10.9 Å². The Kier molecular flexibility index (Phi) is 6.10. The van der Waals surface area contributed by atoms with Crippen molar-refractivity contribution < 1.29 is 0 Å². The zero-order chi connectivity index (χ0) is 13.5. The standard InChI is InChI=1S/C12H16ClN3OS/c1-4-7-16-12(17)11(10(13)8-15-16)14-6-5-9(2)18-3/h1,8-9,14H,5-7H2,2-3H3. The fourth-order valence-electron chi connectivity index (χ4n) is 1.35. The molecule has 0 spiro atoms. The van der Waals surface area contributed by atoms with Gasteiger partial charge in [-0.15, -0.1) is 6.42 Å². The van der Waals surface area contributed by atoms with Crippen molar-refractivity contribution in [2.75, 3.05) is 18.1 Å². The predicted octanol–water partition coefficient (Wildman–Crippen LogP) is 2.08. The van der Waals surface area contributed by atoms with E-state index < -0.39 is 0 Å². The summed E-state index contributed by atoms with van der Waals surface area (Å²) in [6.07, 6.45) is 9.61. The van der Waals surface area contributed by atoms with Gasteiger partial charge in [0.25, 0.3) is 5.56 Å². The molecular formula is C12H16ClN3OS. The summed E-state index contributed by atoms with van der Waals surface area (Å²) in [5.74, 6) is 2.38. The average molecular weight is 286 g/mol. The summed E-state index contributed by atoms with van der Waals surface area (Å²) in [6.45, 7) is 2.97. The number of halogens is 1. The van der Waals surface area contributed by atoms with Crippen LogP contribution < -0.4 is 10.9 Å². The molecule has 6 heteroatoms. The van der Waals surface area contributed by atoms with Crippen LogP contribution in [0.3, 0.4) is 0 Å². The maximum Gasteiger partial charge on any atom is 0.292 e. The monoisotopic (exact) mass is 285 g/mol. The van der Waals surface area contributed by atoms with Crippen LogP contribution in [-0.2, 0) is 6.54 Å². The lowest BCUT2D eigenvalue weighted by Gasteiger charge is -2.11. The Morgan fingerprint density at radius 2 is 2.44 bits per heavy atom. The molecule has 0 aliphatic heterocycles. The molecule has 0 amide bonds. The normalized spacial score (nSPS) is 11.9. The largest absolute Gasteiger partial charge is 0.379 e. The summed E-state index contributed by atoms with van der Waals surface area (Å²) in [6, 6.07) is 0. The van der Waals surface area contributed by atoms with Gasteiger partial charge in [0.15, 0.2) is 0 Å². The molecular weight excluding hydrogens is 270 g/mol. The van der Waals surface area contributed by atoms with Crippen molar-refractivity contribution >= 4 is 29.1 Å². The van der Waals surface area contributed by atoms with Crippen molar-refractivity contribution in [1.29, 1.82) is 0 Å². The third-order valence-corrected chi connectivity index (χ3v) is 3.82. The molecule has 0 fully saturated rings. The zero-order valence-electron chi connectivity index (χ0n) is 10.4. The van der Waals surface area contributed by atoms with Gasteiger partial charge in [-0.25, -0.2) is 4.68 Å². The van der Waals surface area contributed by atoms with E-state index in [0.29, 0.717) is 22.5 Å². The van der Waals surface area contributed by atoms with Crippen molar-refractivity contribution in [3.05, 3.63) is 21.6 Å². The molecule has 0 saturated carbocycles. The highest BCUT2D eigenvalue weighted by Gasteiger charge is 2.09. The van der Waals surface area contributed by atoms with Crippen molar-refractivity contribution in [2.45, 2.75) is 25.1 Å². The Hall–Kier alpha value is -1.12.